The van der Waals surface area contributed by atoms with Crippen molar-refractivity contribution in [2.45, 2.75) is 19.8 Å². The summed E-state index contributed by atoms with van der Waals surface area (Å²) in [6, 6.07) is 0.573. The molecule has 20 heavy (non-hydrogen) atoms. The van der Waals surface area contributed by atoms with Gasteiger partial charge in [-0.15, -0.1) is 0 Å². The van der Waals surface area contributed by atoms with Gasteiger partial charge in [0.15, 0.2) is 5.82 Å². The van der Waals surface area contributed by atoms with Crippen LogP contribution in [0.2, 0.25) is 0 Å². The van der Waals surface area contributed by atoms with Gasteiger partial charge in [-0.3, -0.25) is 4.18 Å². The van der Waals surface area contributed by atoms with Crippen molar-refractivity contribution in [2.75, 3.05) is 30.9 Å². The Bertz CT molecular complexity index is 586. The van der Waals surface area contributed by atoms with Gasteiger partial charge in [0, 0.05) is 19.0 Å². The van der Waals surface area contributed by atoms with Crippen molar-refractivity contribution >= 4 is 16.1 Å². The third kappa shape index (κ3) is 2.67. The fourth-order valence-electron chi connectivity index (χ4n) is 2.84. The number of fused-ring (bicyclic) bond motifs is 1. The molecule has 1 saturated heterocycles. The van der Waals surface area contributed by atoms with Crippen molar-refractivity contribution < 1.29 is 17.1 Å². The zero-order valence-corrected chi connectivity index (χ0v) is 12.6. The Morgan fingerprint density at radius 3 is 2.55 bits per heavy atom. The van der Waals surface area contributed by atoms with Crippen LogP contribution in [0, 0.1) is 17.8 Å². The molecule has 2 fully saturated rings. The zero-order chi connectivity index (χ0) is 14.5. The number of nitrogens with zero attached hydrogens (tertiary/aromatic N) is 3. The Kier molecular flexibility index (Phi) is 3.24. The molecule has 0 amide bonds. The van der Waals surface area contributed by atoms with E-state index in [0.29, 0.717) is 30.4 Å². The van der Waals surface area contributed by atoms with Crippen molar-refractivity contribution in [1.82, 2.24) is 10.1 Å². The van der Waals surface area contributed by atoms with E-state index in [0.717, 1.165) is 25.2 Å². The van der Waals surface area contributed by atoms with Crippen LogP contribution in [0.4, 0.5) is 6.01 Å². The van der Waals surface area contributed by atoms with Crippen molar-refractivity contribution in [3.05, 3.63) is 5.82 Å². The molecule has 0 aromatic carbocycles. The molecule has 3 rings (SSSR count). The molecule has 2 heterocycles. The van der Waals surface area contributed by atoms with Gasteiger partial charge in [-0.1, -0.05) is 19.0 Å². The Morgan fingerprint density at radius 2 is 2.05 bits per heavy atom. The van der Waals surface area contributed by atoms with E-state index in [1.807, 2.05) is 13.8 Å². The largest absolute Gasteiger partial charge is 0.324 e. The van der Waals surface area contributed by atoms with E-state index in [9.17, 15) is 8.42 Å². The molecule has 2 atom stereocenters. The lowest BCUT2D eigenvalue weighted by Gasteiger charge is -2.16. The minimum absolute atomic E-state index is 0.251. The SMILES string of the molecule is CC(C)c1noc(N2CC3C(COS(C)(=O)=O)C3C2)n1. The number of aromatic nitrogens is 2. The van der Waals surface area contributed by atoms with E-state index >= 15 is 0 Å². The summed E-state index contributed by atoms with van der Waals surface area (Å²) in [5.74, 6) is 2.27. The Hall–Kier alpha value is -1.15. The molecule has 0 radical (unpaired) electrons. The maximum Gasteiger partial charge on any atom is 0.324 e. The zero-order valence-electron chi connectivity index (χ0n) is 11.8. The van der Waals surface area contributed by atoms with Crippen LogP contribution in [-0.4, -0.2) is 44.5 Å². The van der Waals surface area contributed by atoms with Crippen LogP contribution in [-0.2, 0) is 14.3 Å². The molecule has 8 heteroatoms. The average Bonchev–Trinajstić information content (AvgIpc) is 2.78. The van der Waals surface area contributed by atoms with Gasteiger partial charge in [0.05, 0.1) is 12.9 Å². The lowest BCUT2D eigenvalue weighted by Crippen LogP contribution is -2.25. The molecular formula is C12H19N3O4S. The second-order valence-electron chi connectivity index (χ2n) is 5.98. The fraction of sp³-hybridized carbons (Fsp3) is 0.833. The summed E-state index contributed by atoms with van der Waals surface area (Å²) in [6.07, 6.45) is 1.09. The summed E-state index contributed by atoms with van der Waals surface area (Å²) in [6.45, 7) is 6.01. The van der Waals surface area contributed by atoms with Crippen molar-refractivity contribution in [3.63, 3.8) is 0 Å². The quantitative estimate of drug-likeness (QED) is 0.745. The summed E-state index contributed by atoms with van der Waals surface area (Å²) in [4.78, 5) is 6.45. The van der Waals surface area contributed by atoms with Gasteiger partial charge in [-0.25, -0.2) is 0 Å². The summed E-state index contributed by atoms with van der Waals surface area (Å²) in [5, 5.41) is 3.96. The number of hydrogen-bond acceptors (Lipinski definition) is 7. The van der Waals surface area contributed by atoms with Gasteiger partial charge in [-0.2, -0.15) is 13.4 Å². The number of anilines is 1. The van der Waals surface area contributed by atoms with Gasteiger partial charge in [0.25, 0.3) is 10.1 Å². The standard InChI is InChI=1S/C12H19N3O4S/c1-7(2)11-13-12(19-14-11)15-4-8-9(5-15)10(8)6-18-20(3,16)17/h7-10H,4-6H2,1-3H3. The average molecular weight is 301 g/mol. The minimum atomic E-state index is -3.34. The fourth-order valence-corrected chi connectivity index (χ4v) is 3.25. The topological polar surface area (TPSA) is 85.5 Å². The summed E-state index contributed by atoms with van der Waals surface area (Å²) < 4.78 is 32.1. The molecule has 0 N–H and O–H groups in total. The molecule has 1 aromatic rings. The lowest BCUT2D eigenvalue weighted by atomic mass is 10.2. The van der Waals surface area contributed by atoms with Gasteiger partial charge < -0.3 is 9.42 Å². The van der Waals surface area contributed by atoms with E-state index in [2.05, 4.69) is 15.0 Å². The second-order valence-corrected chi connectivity index (χ2v) is 7.62. The van der Waals surface area contributed by atoms with Crippen molar-refractivity contribution in [1.29, 1.82) is 0 Å². The van der Waals surface area contributed by atoms with Crippen LogP contribution in [0.1, 0.15) is 25.6 Å². The first kappa shape index (κ1) is 13.8. The normalized spacial score (nSPS) is 29.0. The Morgan fingerprint density at radius 1 is 1.40 bits per heavy atom. The van der Waals surface area contributed by atoms with Crippen LogP contribution >= 0.6 is 0 Å². The van der Waals surface area contributed by atoms with Gasteiger partial charge in [0.2, 0.25) is 0 Å². The van der Waals surface area contributed by atoms with Crippen LogP contribution < -0.4 is 4.90 Å². The highest BCUT2D eigenvalue weighted by atomic mass is 32.2. The monoisotopic (exact) mass is 301 g/mol. The van der Waals surface area contributed by atoms with Crippen molar-refractivity contribution in [3.8, 4) is 0 Å². The third-order valence-corrected chi connectivity index (χ3v) is 4.63. The first-order chi connectivity index (χ1) is 9.35. The lowest BCUT2D eigenvalue weighted by molar-refractivity contribution is 0.288. The highest BCUT2D eigenvalue weighted by Crippen LogP contribution is 2.52. The van der Waals surface area contributed by atoms with Gasteiger partial charge >= 0.3 is 6.01 Å². The van der Waals surface area contributed by atoms with E-state index in [4.69, 9.17) is 8.71 Å². The van der Waals surface area contributed by atoms with Crippen molar-refractivity contribution in [2.24, 2.45) is 17.8 Å². The maximum absolute atomic E-state index is 11.0. The molecule has 1 aromatic heterocycles. The third-order valence-electron chi connectivity index (χ3n) is 4.06. The molecule has 1 saturated carbocycles. The molecule has 0 spiro atoms. The molecule has 1 aliphatic carbocycles. The molecule has 112 valence electrons. The van der Waals surface area contributed by atoms with Crippen LogP contribution in [0.15, 0.2) is 4.52 Å². The predicted molar refractivity (Wildman–Crippen MR) is 71.9 cm³/mol. The number of hydrogen-bond donors (Lipinski definition) is 0. The summed E-state index contributed by atoms with van der Waals surface area (Å²) in [7, 11) is -3.34. The van der Waals surface area contributed by atoms with Crippen LogP contribution in [0.5, 0.6) is 0 Å². The molecule has 1 aliphatic heterocycles. The Labute approximate surface area is 118 Å². The second kappa shape index (κ2) is 4.70. The van der Waals surface area contributed by atoms with E-state index in [-0.39, 0.29) is 5.92 Å². The summed E-state index contributed by atoms with van der Waals surface area (Å²) >= 11 is 0. The van der Waals surface area contributed by atoms with Crippen LogP contribution in [0.25, 0.3) is 0 Å². The first-order valence-electron chi connectivity index (χ1n) is 6.78. The van der Waals surface area contributed by atoms with E-state index < -0.39 is 10.1 Å². The molecule has 0 bridgehead atoms. The first-order valence-corrected chi connectivity index (χ1v) is 8.60. The predicted octanol–water partition coefficient (Wildman–Crippen LogP) is 0.851. The molecule has 2 aliphatic rings. The van der Waals surface area contributed by atoms with E-state index in [1.165, 1.54) is 0 Å². The molecular weight excluding hydrogens is 282 g/mol. The van der Waals surface area contributed by atoms with Gasteiger partial charge in [-0.05, 0) is 17.8 Å². The highest BCUT2D eigenvalue weighted by Gasteiger charge is 2.56. The smallest absolute Gasteiger partial charge is 0.324 e. The number of piperidine rings is 1. The van der Waals surface area contributed by atoms with Crippen LogP contribution in [0.3, 0.4) is 0 Å². The molecule has 7 nitrogen and oxygen atoms in total. The molecule has 2 unspecified atom stereocenters. The van der Waals surface area contributed by atoms with Gasteiger partial charge in [0.1, 0.15) is 0 Å². The maximum atomic E-state index is 11.0. The number of rotatable bonds is 5. The minimum Gasteiger partial charge on any atom is -0.324 e. The highest BCUT2D eigenvalue weighted by molar-refractivity contribution is 7.85. The van der Waals surface area contributed by atoms with E-state index in [1.54, 1.807) is 0 Å². The Balaban J connectivity index is 1.54. The summed E-state index contributed by atoms with van der Waals surface area (Å²) in [5.41, 5.74) is 0.